The first kappa shape index (κ1) is 16.9. The van der Waals surface area contributed by atoms with E-state index in [9.17, 15) is 4.79 Å². The number of rotatable bonds is 4. The molecule has 7 heteroatoms. The van der Waals surface area contributed by atoms with Gasteiger partial charge in [0, 0.05) is 23.1 Å². The minimum atomic E-state index is -0.200. The Morgan fingerprint density at radius 1 is 1.11 bits per heavy atom. The van der Waals surface area contributed by atoms with Crippen LogP contribution in [0.1, 0.15) is 16.8 Å². The third-order valence-electron chi connectivity index (χ3n) is 4.62. The topological polar surface area (TPSA) is 65.4 Å². The summed E-state index contributed by atoms with van der Waals surface area (Å²) in [6.07, 6.45) is 3.28. The van der Waals surface area contributed by atoms with Gasteiger partial charge < -0.3 is 14.8 Å². The summed E-state index contributed by atoms with van der Waals surface area (Å²) in [4.78, 5) is 12.6. The Morgan fingerprint density at radius 3 is 2.86 bits per heavy atom. The SMILES string of the molecule is O=C(/C=C\c1ccc2c(c1)OCO2)Nc1c2c(nn1-c1ccccc1)CSC2. The molecule has 3 heterocycles. The molecule has 0 fully saturated rings. The van der Waals surface area contributed by atoms with Crippen molar-refractivity contribution in [3.05, 3.63) is 71.4 Å². The molecule has 0 saturated carbocycles. The van der Waals surface area contributed by atoms with Gasteiger partial charge in [-0.3, -0.25) is 4.79 Å². The van der Waals surface area contributed by atoms with E-state index in [-0.39, 0.29) is 12.7 Å². The molecule has 0 saturated heterocycles. The van der Waals surface area contributed by atoms with E-state index in [1.807, 2.05) is 53.2 Å². The van der Waals surface area contributed by atoms with Crippen LogP contribution >= 0.6 is 11.8 Å². The number of hydrogen-bond donors (Lipinski definition) is 1. The van der Waals surface area contributed by atoms with Crippen molar-refractivity contribution in [1.82, 2.24) is 9.78 Å². The summed E-state index contributed by atoms with van der Waals surface area (Å²) < 4.78 is 12.5. The second kappa shape index (κ2) is 7.09. The van der Waals surface area contributed by atoms with Gasteiger partial charge in [-0.2, -0.15) is 16.9 Å². The molecule has 0 radical (unpaired) electrons. The predicted octanol–water partition coefficient (Wildman–Crippen LogP) is 4.00. The van der Waals surface area contributed by atoms with Gasteiger partial charge in [-0.15, -0.1) is 0 Å². The quantitative estimate of drug-likeness (QED) is 0.681. The Hall–Kier alpha value is -3.19. The zero-order valence-electron chi connectivity index (χ0n) is 14.9. The van der Waals surface area contributed by atoms with Crippen molar-refractivity contribution >= 4 is 29.6 Å². The maximum atomic E-state index is 12.6. The molecular weight excluding hydrogens is 374 g/mol. The number of nitrogens with zero attached hydrogens (tertiary/aromatic N) is 2. The lowest BCUT2D eigenvalue weighted by molar-refractivity contribution is -0.111. The predicted molar refractivity (Wildman–Crippen MR) is 109 cm³/mol. The molecule has 1 aromatic heterocycles. The van der Waals surface area contributed by atoms with Crippen molar-refractivity contribution in [3.8, 4) is 17.2 Å². The normalized spacial score (nSPS) is 14.4. The summed E-state index contributed by atoms with van der Waals surface area (Å²) in [5, 5.41) is 7.72. The van der Waals surface area contributed by atoms with Crippen LogP contribution < -0.4 is 14.8 Å². The van der Waals surface area contributed by atoms with E-state index >= 15 is 0 Å². The van der Waals surface area contributed by atoms with Crippen molar-refractivity contribution in [3.63, 3.8) is 0 Å². The highest BCUT2D eigenvalue weighted by Crippen LogP contribution is 2.36. The van der Waals surface area contributed by atoms with Crippen molar-refractivity contribution in [2.75, 3.05) is 12.1 Å². The van der Waals surface area contributed by atoms with Crippen molar-refractivity contribution in [1.29, 1.82) is 0 Å². The Labute approximate surface area is 166 Å². The molecule has 1 N–H and O–H groups in total. The number of fused-ring (bicyclic) bond motifs is 2. The molecule has 3 aromatic rings. The van der Waals surface area contributed by atoms with E-state index < -0.39 is 0 Å². The molecule has 0 spiro atoms. The second-order valence-corrected chi connectivity index (χ2v) is 7.43. The highest BCUT2D eigenvalue weighted by atomic mass is 32.2. The first-order chi connectivity index (χ1) is 13.8. The Bertz CT molecular complexity index is 1080. The average molecular weight is 391 g/mol. The van der Waals surface area contributed by atoms with Gasteiger partial charge in [0.2, 0.25) is 12.7 Å². The molecule has 6 nitrogen and oxygen atoms in total. The number of ether oxygens (including phenoxy) is 2. The van der Waals surface area contributed by atoms with E-state index in [4.69, 9.17) is 14.6 Å². The number of amides is 1. The zero-order valence-corrected chi connectivity index (χ0v) is 15.7. The van der Waals surface area contributed by atoms with Crippen LogP contribution in [0.25, 0.3) is 11.8 Å². The lowest BCUT2D eigenvalue weighted by atomic mass is 10.2. The zero-order chi connectivity index (χ0) is 18.9. The minimum absolute atomic E-state index is 0.200. The van der Waals surface area contributed by atoms with Gasteiger partial charge in [0.25, 0.3) is 0 Å². The second-order valence-electron chi connectivity index (χ2n) is 6.45. The van der Waals surface area contributed by atoms with E-state index in [1.54, 1.807) is 17.8 Å². The number of aromatic nitrogens is 2. The van der Waals surface area contributed by atoms with Crippen LogP contribution in [0.5, 0.6) is 11.5 Å². The molecule has 0 unspecified atom stereocenters. The van der Waals surface area contributed by atoms with Crippen LogP contribution in [0.2, 0.25) is 0 Å². The van der Waals surface area contributed by atoms with Crippen LogP contribution in [0.15, 0.2) is 54.6 Å². The van der Waals surface area contributed by atoms with Crippen molar-refractivity contribution < 1.29 is 14.3 Å². The Balaban J connectivity index is 1.39. The fraction of sp³-hybridized carbons (Fsp3) is 0.143. The summed E-state index contributed by atoms with van der Waals surface area (Å²) in [5.74, 6) is 3.68. The van der Waals surface area contributed by atoms with Gasteiger partial charge in [-0.25, -0.2) is 4.68 Å². The standard InChI is InChI=1S/C21H17N3O3S/c25-20(9-7-14-6-8-18-19(10-14)27-13-26-18)22-21-16-11-28-12-17(16)23-24(21)15-4-2-1-3-5-15/h1-10H,11-13H2,(H,22,25)/b9-7-. The number of hydrogen-bond acceptors (Lipinski definition) is 5. The molecule has 28 heavy (non-hydrogen) atoms. The number of nitrogens with one attached hydrogen (secondary N) is 1. The molecule has 140 valence electrons. The van der Waals surface area contributed by atoms with Crippen molar-refractivity contribution in [2.24, 2.45) is 0 Å². The molecule has 2 aromatic carbocycles. The Kier molecular flexibility index (Phi) is 4.29. The summed E-state index contributed by atoms with van der Waals surface area (Å²) in [5.41, 5.74) is 3.93. The minimum Gasteiger partial charge on any atom is -0.454 e. The number of anilines is 1. The third kappa shape index (κ3) is 3.14. The summed E-state index contributed by atoms with van der Waals surface area (Å²) in [7, 11) is 0. The largest absolute Gasteiger partial charge is 0.454 e. The van der Waals surface area contributed by atoms with Gasteiger partial charge >= 0.3 is 0 Å². The van der Waals surface area contributed by atoms with Crippen LogP contribution in [0, 0.1) is 0 Å². The van der Waals surface area contributed by atoms with Gasteiger partial charge in [-0.1, -0.05) is 24.3 Å². The monoisotopic (exact) mass is 391 g/mol. The smallest absolute Gasteiger partial charge is 0.249 e. The average Bonchev–Trinajstić information content (AvgIpc) is 3.44. The lowest BCUT2D eigenvalue weighted by Gasteiger charge is -2.09. The fourth-order valence-electron chi connectivity index (χ4n) is 3.24. The molecule has 1 amide bonds. The summed E-state index contributed by atoms with van der Waals surface area (Å²) in [6.45, 7) is 0.232. The van der Waals surface area contributed by atoms with Crippen LogP contribution in [0.4, 0.5) is 5.82 Å². The highest BCUT2D eigenvalue weighted by molar-refractivity contribution is 7.98. The van der Waals surface area contributed by atoms with Crippen LogP contribution in [-0.4, -0.2) is 22.5 Å². The molecule has 2 aliphatic heterocycles. The van der Waals surface area contributed by atoms with Crippen LogP contribution in [-0.2, 0) is 16.3 Å². The van der Waals surface area contributed by atoms with E-state index in [0.29, 0.717) is 5.75 Å². The highest BCUT2D eigenvalue weighted by Gasteiger charge is 2.24. The van der Waals surface area contributed by atoms with Crippen LogP contribution in [0.3, 0.4) is 0 Å². The Morgan fingerprint density at radius 2 is 1.96 bits per heavy atom. The lowest BCUT2D eigenvalue weighted by Crippen LogP contribution is -2.13. The summed E-state index contributed by atoms with van der Waals surface area (Å²) >= 11 is 1.81. The van der Waals surface area contributed by atoms with Gasteiger partial charge in [-0.05, 0) is 35.9 Å². The third-order valence-corrected chi connectivity index (χ3v) is 5.59. The molecule has 0 aliphatic carbocycles. The van der Waals surface area contributed by atoms with Gasteiger partial charge in [0.15, 0.2) is 11.5 Å². The number of para-hydroxylation sites is 1. The van der Waals surface area contributed by atoms with Gasteiger partial charge in [0.05, 0.1) is 11.4 Å². The summed E-state index contributed by atoms with van der Waals surface area (Å²) in [6, 6.07) is 15.4. The first-order valence-electron chi connectivity index (χ1n) is 8.90. The molecular formula is C21H17N3O3S. The van der Waals surface area contributed by atoms with E-state index in [0.717, 1.165) is 45.6 Å². The maximum Gasteiger partial charge on any atom is 0.249 e. The molecule has 5 rings (SSSR count). The molecule has 0 bridgehead atoms. The van der Waals surface area contributed by atoms with E-state index in [1.165, 1.54) is 6.08 Å². The number of benzene rings is 2. The fourth-order valence-corrected chi connectivity index (χ4v) is 4.28. The van der Waals surface area contributed by atoms with Crippen molar-refractivity contribution in [2.45, 2.75) is 11.5 Å². The number of carbonyl (C=O) groups is 1. The number of thioether (sulfide) groups is 1. The maximum absolute atomic E-state index is 12.6. The molecule has 0 atom stereocenters. The number of carbonyl (C=O) groups excluding carboxylic acids is 1. The van der Waals surface area contributed by atoms with E-state index in [2.05, 4.69) is 5.32 Å². The molecule has 2 aliphatic rings. The first-order valence-corrected chi connectivity index (χ1v) is 10.1. The van der Waals surface area contributed by atoms with Gasteiger partial charge in [0.1, 0.15) is 5.82 Å².